The van der Waals surface area contributed by atoms with Crippen LogP contribution in [0.4, 0.5) is 10.5 Å². The second kappa shape index (κ2) is 13.2. The molecule has 2 aliphatic heterocycles. The summed E-state index contributed by atoms with van der Waals surface area (Å²) in [5, 5.41) is 4.60. The molecule has 0 radical (unpaired) electrons. The van der Waals surface area contributed by atoms with E-state index in [2.05, 4.69) is 21.9 Å². The Bertz CT molecular complexity index is 1640. The van der Waals surface area contributed by atoms with Crippen molar-refractivity contribution in [1.29, 1.82) is 0 Å². The molecule has 3 heterocycles. The van der Waals surface area contributed by atoms with E-state index in [1.807, 2.05) is 60.7 Å². The van der Waals surface area contributed by atoms with Crippen molar-refractivity contribution in [3.63, 3.8) is 0 Å². The van der Waals surface area contributed by atoms with Gasteiger partial charge in [0.15, 0.2) is 0 Å². The number of carbonyl (C=O) groups excluding carboxylic acids is 3. The fraction of sp³-hybridized carbons (Fsp3) is 0.273. The summed E-state index contributed by atoms with van der Waals surface area (Å²) in [7, 11) is 3.63. The quantitative estimate of drug-likeness (QED) is 0.268. The SMILES string of the molecule is COC(C(=O)N1Cc2c([AsH]C(=O)c3ccc(N4CCN(C)CC4)cc3)nn(C(=O)Oc3ccccc3)c2C1)c1ccccc1. The van der Waals surface area contributed by atoms with Gasteiger partial charge in [0.2, 0.25) is 0 Å². The number of amides is 1. The first-order valence-corrected chi connectivity index (χ1v) is 16.6. The van der Waals surface area contributed by atoms with E-state index in [4.69, 9.17) is 9.47 Å². The van der Waals surface area contributed by atoms with E-state index in [0.29, 0.717) is 21.5 Å². The van der Waals surface area contributed by atoms with E-state index in [-0.39, 0.29) is 23.6 Å². The first-order valence-electron chi connectivity index (χ1n) is 14.5. The summed E-state index contributed by atoms with van der Waals surface area (Å²) < 4.78 is 13.0. The number of likely N-dealkylation sites (N-methyl/N-ethyl adjacent to an activating group) is 1. The summed E-state index contributed by atoms with van der Waals surface area (Å²) in [6, 6.07) is 25.8. The zero-order valence-corrected chi connectivity index (χ0v) is 26.8. The molecule has 10 nitrogen and oxygen atoms in total. The Morgan fingerprint density at radius 2 is 1.50 bits per heavy atom. The van der Waals surface area contributed by atoms with E-state index in [1.54, 1.807) is 29.2 Å². The summed E-state index contributed by atoms with van der Waals surface area (Å²) in [4.78, 5) is 46.8. The average Bonchev–Trinajstić information content (AvgIpc) is 3.63. The van der Waals surface area contributed by atoms with Gasteiger partial charge >= 0.3 is 263 Å². The van der Waals surface area contributed by atoms with Gasteiger partial charge < -0.3 is 0 Å². The number of piperazine rings is 1. The Morgan fingerprint density at radius 1 is 0.841 bits per heavy atom. The maximum absolute atomic E-state index is 13.6. The number of hydrogen-bond acceptors (Lipinski definition) is 8. The standard InChI is InChI=1S/C33H34AsN5O5/c1-36-17-19-37(20-18-36)25-15-13-24(14-16-25)31(40)34-30-27-21-38(32(41)29(43-2)23-9-5-3-6-10-23)22-28(27)39(35-30)33(42)44-26-11-7-4-8-12-26/h3-16,29,34H,17-22H2,1-2H3. The number of methoxy groups -OCH3 is 1. The predicted octanol–water partition coefficient (Wildman–Crippen LogP) is 2.81. The summed E-state index contributed by atoms with van der Waals surface area (Å²) in [5.74, 6) is 0.153. The molecule has 1 amide bonds. The monoisotopic (exact) mass is 655 g/mol. The van der Waals surface area contributed by atoms with Crippen LogP contribution in [0.2, 0.25) is 0 Å². The van der Waals surface area contributed by atoms with Crippen molar-refractivity contribution in [3.05, 3.63) is 107 Å². The zero-order valence-electron chi connectivity index (χ0n) is 24.7. The van der Waals surface area contributed by atoms with Gasteiger partial charge in [-0.15, -0.1) is 0 Å². The minimum absolute atomic E-state index is 0.00244. The van der Waals surface area contributed by atoms with Crippen molar-refractivity contribution in [3.8, 4) is 5.75 Å². The maximum atomic E-state index is 13.6. The average molecular weight is 656 g/mol. The van der Waals surface area contributed by atoms with Crippen LogP contribution in [-0.2, 0) is 22.6 Å². The zero-order chi connectivity index (χ0) is 30.6. The molecule has 11 heteroatoms. The van der Waals surface area contributed by atoms with Crippen molar-refractivity contribution in [1.82, 2.24) is 19.6 Å². The molecule has 44 heavy (non-hydrogen) atoms. The molecule has 226 valence electrons. The molecule has 6 rings (SSSR count). The Labute approximate surface area is 262 Å². The second-order valence-corrected chi connectivity index (χ2v) is 13.3. The Morgan fingerprint density at radius 3 is 2.16 bits per heavy atom. The van der Waals surface area contributed by atoms with Gasteiger partial charge in [0.05, 0.1) is 0 Å². The van der Waals surface area contributed by atoms with Crippen LogP contribution < -0.4 is 14.1 Å². The Balaban J connectivity index is 1.24. The molecular formula is C33H34AsN5O5. The summed E-state index contributed by atoms with van der Waals surface area (Å²) in [5.41, 5.74) is 3.74. The van der Waals surface area contributed by atoms with Crippen molar-refractivity contribution in [2.45, 2.75) is 19.2 Å². The number of para-hydroxylation sites is 1. The molecule has 0 bridgehead atoms. The summed E-state index contributed by atoms with van der Waals surface area (Å²) in [6.07, 6.45) is -1.48. The van der Waals surface area contributed by atoms with Crippen molar-refractivity contribution in [2.75, 3.05) is 45.2 Å². The second-order valence-electron chi connectivity index (χ2n) is 10.9. The number of carbonyl (C=O) groups is 3. The van der Waals surface area contributed by atoms with Gasteiger partial charge in [-0.05, 0) is 0 Å². The number of hydrogen-bond donors (Lipinski definition) is 0. The number of benzene rings is 3. The first-order chi connectivity index (χ1) is 21.4. The van der Waals surface area contributed by atoms with Crippen LogP contribution >= 0.6 is 0 Å². The third-order valence-electron chi connectivity index (χ3n) is 8.00. The van der Waals surface area contributed by atoms with Crippen molar-refractivity contribution in [2.24, 2.45) is 0 Å². The first kappa shape index (κ1) is 29.8. The topological polar surface area (TPSA) is 97.2 Å². The molecule has 0 aliphatic carbocycles. The van der Waals surface area contributed by atoms with Gasteiger partial charge in [-0.2, -0.15) is 0 Å². The molecular weight excluding hydrogens is 621 g/mol. The Hall–Kier alpha value is -4.24. The normalized spacial score (nSPS) is 15.9. The molecule has 0 spiro atoms. The molecule has 0 saturated carbocycles. The summed E-state index contributed by atoms with van der Waals surface area (Å²) in [6.45, 7) is 4.28. The minimum atomic E-state index is -1.46. The van der Waals surface area contributed by atoms with Gasteiger partial charge in [-0.3, -0.25) is 0 Å². The van der Waals surface area contributed by atoms with Gasteiger partial charge in [0.1, 0.15) is 0 Å². The van der Waals surface area contributed by atoms with Crippen molar-refractivity contribution < 1.29 is 23.9 Å². The fourth-order valence-corrected chi connectivity index (χ4v) is 7.73. The number of rotatable bonds is 8. The van der Waals surface area contributed by atoms with Crippen LogP contribution in [-0.4, -0.2) is 92.2 Å². The van der Waals surface area contributed by atoms with Crippen LogP contribution in [0.5, 0.6) is 5.75 Å². The van der Waals surface area contributed by atoms with Gasteiger partial charge in [0.25, 0.3) is 0 Å². The molecule has 2 aliphatic rings. The van der Waals surface area contributed by atoms with E-state index in [9.17, 15) is 14.4 Å². The Kier molecular flexibility index (Phi) is 8.93. The molecule has 4 aromatic rings. The van der Waals surface area contributed by atoms with Gasteiger partial charge in [-0.25, -0.2) is 0 Å². The number of aromatic nitrogens is 2. The van der Waals surface area contributed by atoms with E-state index in [0.717, 1.165) is 43.0 Å². The number of ether oxygens (including phenoxy) is 2. The van der Waals surface area contributed by atoms with E-state index >= 15 is 0 Å². The fourth-order valence-electron chi connectivity index (χ4n) is 5.52. The van der Waals surface area contributed by atoms with Crippen molar-refractivity contribution >= 4 is 42.5 Å². The van der Waals surface area contributed by atoms with Crippen LogP contribution in [0.25, 0.3) is 0 Å². The summed E-state index contributed by atoms with van der Waals surface area (Å²) >= 11 is -1.46. The third-order valence-corrected chi connectivity index (χ3v) is 10.4. The molecule has 3 aromatic carbocycles. The molecule has 1 saturated heterocycles. The predicted molar refractivity (Wildman–Crippen MR) is 168 cm³/mol. The van der Waals surface area contributed by atoms with Crippen LogP contribution in [0, 0.1) is 0 Å². The van der Waals surface area contributed by atoms with E-state index < -0.39 is 27.9 Å². The molecule has 0 N–H and O–H groups in total. The number of fused-ring (bicyclic) bond motifs is 1. The number of nitrogens with zero attached hydrogens (tertiary/aromatic N) is 5. The van der Waals surface area contributed by atoms with Gasteiger partial charge in [-0.1, -0.05) is 0 Å². The number of anilines is 1. The molecule has 2 atom stereocenters. The van der Waals surface area contributed by atoms with Crippen LogP contribution in [0.3, 0.4) is 0 Å². The molecule has 2 unspecified atom stereocenters. The molecule has 1 aromatic heterocycles. The molecule has 1 fully saturated rings. The van der Waals surface area contributed by atoms with E-state index in [1.165, 1.54) is 11.8 Å². The van der Waals surface area contributed by atoms with Crippen LogP contribution in [0.15, 0.2) is 84.9 Å². The van der Waals surface area contributed by atoms with Gasteiger partial charge in [0, 0.05) is 0 Å². The van der Waals surface area contributed by atoms with Crippen LogP contribution in [0.1, 0.15) is 33.3 Å². The third kappa shape index (κ3) is 6.33.